The number of Topliss-reactive ketones (excluding diaryl/α,β-unsaturated/α-hetero) is 1. The minimum atomic E-state index is -0.523. The number of para-hydroxylation sites is 1. The quantitative estimate of drug-likeness (QED) is 0.663. The average molecular weight is 348 g/mol. The Hall–Kier alpha value is -2.14. The fourth-order valence-electron chi connectivity index (χ4n) is 1.81. The molecule has 0 spiro atoms. The zero-order chi connectivity index (χ0) is 15.2. The molecular formula is C16H14BrNO3. The van der Waals surface area contributed by atoms with Crippen LogP contribution in [0.5, 0.6) is 0 Å². The number of carbonyl (C=O) groups excluding carboxylic acids is 2. The van der Waals surface area contributed by atoms with Crippen LogP contribution in [0.1, 0.15) is 20.7 Å². The summed E-state index contributed by atoms with van der Waals surface area (Å²) >= 11 is 3.30. The molecule has 0 saturated carbocycles. The summed E-state index contributed by atoms with van der Waals surface area (Å²) in [5.41, 5.74) is 1.58. The number of anilines is 1. The van der Waals surface area contributed by atoms with Crippen LogP contribution in [0.25, 0.3) is 0 Å². The predicted octanol–water partition coefficient (Wildman–Crippen LogP) is 3.53. The second-order valence-electron chi connectivity index (χ2n) is 4.30. The van der Waals surface area contributed by atoms with Crippen molar-refractivity contribution in [1.29, 1.82) is 0 Å². The van der Waals surface area contributed by atoms with E-state index in [2.05, 4.69) is 21.2 Å². The van der Waals surface area contributed by atoms with Gasteiger partial charge in [0, 0.05) is 22.8 Å². The summed E-state index contributed by atoms with van der Waals surface area (Å²) in [6, 6.07) is 13.9. The van der Waals surface area contributed by atoms with Gasteiger partial charge in [0.05, 0.1) is 5.56 Å². The molecule has 4 nitrogen and oxygen atoms in total. The molecule has 21 heavy (non-hydrogen) atoms. The first-order chi connectivity index (χ1) is 10.1. The number of benzene rings is 2. The lowest BCUT2D eigenvalue weighted by Crippen LogP contribution is -2.15. The van der Waals surface area contributed by atoms with Gasteiger partial charge in [-0.15, -0.1) is 0 Å². The molecule has 0 aromatic heterocycles. The number of esters is 1. The third-order valence-electron chi connectivity index (χ3n) is 2.92. The molecule has 0 amide bonds. The maximum atomic E-state index is 12.0. The van der Waals surface area contributed by atoms with Gasteiger partial charge in [-0.3, -0.25) is 4.79 Å². The fourth-order valence-corrected chi connectivity index (χ4v) is 2.07. The molecule has 5 heteroatoms. The Kier molecular flexibility index (Phi) is 5.11. The summed E-state index contributed by atoms with van der Waals surface area (Å²) in [6.45, 7) is -0.279. The number of halogens is 1. The van der Waals surface area contributed by atoms with Crippen LogP contribution in [0.15, 0.2) is 53.0 Å². The van der Waals surface area contributed by atoms with E-state index < -0.39 is 5.97 Å². The third-order valence-corrected chi connectivity index (χ3v) is 3.45. The molecule has 2 rings (SSSR count). The number of ketones is 1. The van der Waals surface area contributed by atoms with Crippen LogP contribution >= 0.6 is 15.9 Å². The summed E-state index contributed by atoms with van der Waals surface area (Å²) < 4.78 is 5.96. The molecule has 0 bridgehead atoms. The van der Waals surface area contributed by atoms with Crippen molar-refractivity contribution < 1.29 is 14.3 Å². The third kappa shape index (κ3) is 3.92. The highest BCUT2D eigenvalue weighted by atomic mass is 79.9. The Labute approximate surface area is 131 Å². The second-order valence-corrected chi connectivity index (χ2v) is 5.22. The maximum absolute atomic E-state index is 12.0. The van der Waals surface area contributed by atoms with Gasteiger partial charge in [-0.2, -0.15) is 0 Å². The van der Waals surface area contributed by atoms with E-state index >= 15 is 0 Å². The summed E-state index contributed by atoms with van der Waals surface area (Å²) in [5.74, 6) is -0.761. The highest BCUT2D eigenvalue weighted by molar-refractivity contribution is 9.10. The average Bonchev–Trinajstić information content (AvgIpc) is 2.52. The van der Waals surface area contributed by atoms with Crippen molar-refractivity contribution in [2.45, 2.75) is 0 Å². The van der Waals surface area contributed by atoms with E-state index in [1.165, 1.54) is 0 Å². The predicted molar refractivity (Wildman–Crippen MR) is 84.7 cm³/mol. The van der Waals surface area contributed by atoms with Crippen molar-refractivity contribution >= 4 is 33.4 Å². The molecule has 0 radical (unpaired) electrons. The molecule has 0 aliphatic heterocycles. The van der Waals surface area contributed by atoms with Gasteiger partial charge in [-0.1, -0.05) is 40.2 Å². The Balaban J connectivity index is 2.01. The summed E-state index contributed by atoms with van der Waals surface area (Å²) in [5, 5.41) is 2.91. The molecule has 2 aromatic carbocycles. The van der Waals surface area contributed by atoms with Crippen molar-refractivity contribution in [3.8, 4) is 0 Å². The lowest BCUT2D eigenvalue weighted by molar-refractivity contribution is 0.0475. The van der Waals surface area contributed by atoms with E-state index in [4.69, 9.17) is 4.74 Å². The Bertz CT molecular complexity index is 653. The van der Waals surface area contributed by atoms with Gasteiger partial charge in [-0.05, 0) is 24.3 Å². The van der Waals surface area contributed by atoms with Gasteiger partial charge < -0.3 is 10.1 Å². The molecule has 0 fully saturated rings. The Morgan fingerprint density at radius 1 is 1.10 bits per heavy atom. The van der Waals surface area contributed by atoms with Gasteiger partial charge in [0.15, 0.2) is 12.4 Å². The summed E-state index contributed by atoms with van der Waals surface area (Å²) in [4.78, 5) is 23.9. The standard InChI is InChI=1S/C16H14BrNO3/c1-18-14-5-3-2-4-13(14)16(20)21-10-15(19)11-6-8-12(17)9-7-11/h2-9,18H,10H2,1H3. The Morgan fingerprint density at radius 3 is 2.43 bits per heavy atom. The number of carbonyl (C=O) groups is 2. The number of ether oxygens (including phenoxy) is 1. The molecule has 0 aliphatic rings. The first-order valence-electron chi connectivity index (χ1n) is 6.34. The number of hydrogen-bond donors (Lipinski definition) is 1. The molecule has 0 aliphatic carbocycles. The van der Waals surface area contributed by atoms with Crippen LogP contribution in [0.3, 0.4) is 0 Å². The maximum Gasteiger partial charge on any atom is 0.340 e. The SMILES string of the molecule is CNc1ccccc1C(=O)OCC(=O)c1ccc(Br)cc1. The van der Waals surface area contributed by atoms with E-state index in [1.807, 2.05) is 6.07 Å². The van der Waals surface area contributed by atoms with Crippen molar-refractivity contribution in [2.75, 3.05) is 19.0 Å². The van der Waals surface area contributed by atoms with Crippen molar-refractivity contribution in [3.05, 3.63) is 64.1 Å². The van der Waals surface area contributed by atoms with Crippen LogP contribution < -0.4 is 5.32 Å². The van der Waals surface area contributed by atoms with Crippen LogP contribution in [0.2, 0.25) is 0 Å². The van der Waals surface area contributed by atoms with E-state index in [-0.39, 0.29) is 12.4 Å². The number of rotatable bonds is 5. The van der Waals surface area contributed by atoms with E-state index in [0.717, 1.165) is 4.47 Å². The minimum Gasteiger partial charge on any atom is -0.454 e. The number of hydrogen-bond acceptors (Lipinski definition) is 4. The van der Waals surface area contributed by atoms with Crippen LogP contribution in [-0.2, 0) is 4.74 Å². The van der Waals surface area contributed by atoms with Gasteiger partial charge in [-0.25, -0.2) is 4.79 Å². The van der Waals surface area contributed by atoms with Gasteiger partial charge in [0.25, 0.3) is 0 Å². The smallest absolute Gasteiger partial charge is 0.340 e. The van der Waals surface area contributed by atoms with Crippen molar-refractivity contribution in [3.63, 3.8) is 0 Å². The molecule has 0 heterocycles. The fraction of sp³-hybridized carbons (Fsp3) is 0.125. The summed E-state index contributed by atoms with van der Waals surface area (Å²) in [7, 11) is 1.72. The lowest BCUT2D eigenvalue weighted by atomic mass is 10.1. The van der Waals surface area contributed by atoms with Crippen LogP contribution in [0, 0.1) is 0 Å². The Morgan fingerprint density at radius 2 is 1.76 bits per heavy atom. The highest BCUT2D eigenvalue weighted by Crippen LogP contribution is 2.16. The van der Waals surface area contributed by atoms with Crippen molar-refractivity contribution in [1.82, 2.24) is 0 Å². The van der Waals surface area contributed by atoms with E-state index in [1.54, 1.807) is 49.5 Å². The molecule has 108 valence electrons. The molecular weight excluding hydrogens is 334 g/mol. The molecule has 0 saturated heterocycles. The van der Waals surface area contributed by atoms with E-state index in [9.17, 15) is 9.59 Å². The van der Waals surface area contributed by atoms with Crippen LogP contribution in [0.4, 0.5) is 5.69 Å². The molecule has 2 aromatic rings. The highest BCUT2D eigenvalue weighted by Gasteiger charge is 2.14. The molecule has 0 unspecified atom stereocenters. The first-order valence-corrected chi connectivity index (χ1v) is 7.14. The van der Waals surface area contributed by atoms with Gasteiger partial charge in [0.2, 0.25) is 0 Å². The topological polar surface area (TPSA) is 55.4 Å². The molecule has 1 N–H and O–H groups in total. The number of nitrogens with one attached hydrogen (secondary N) is 1. The zero-order valence-corrected chi connectivity index (χ0v) is 13.0. The normalized spacial score (nSPS) is 10.0. The second kappa shape index (κ2) is 7.04. The largest absolute Gasteiger partial charge is 0.454 e. The van der Waals surface area contributed by atoms with E-state index in [0.29, 0.717) is 16.8 Å². The van der Waals surface area contributed by atoms with Gasteiger partial charge >= 0.3 is 5.97 Å². The van der Waals surface area contributed by atoms with Gasteiger partial charge in [0.1, 0.15) is 0 Å². The summed E-state index contributed by atoms with van der Waals surface area (Å²) in [6.07, 6.45) is 0. The van der Waals surface area contributed by atoms with Crippen molar-refractivity contribution in [2.24, 2.45) is 0 Å². The monoisotopic (exact) mass is 347 g/mol. The molecule has 0 atom stereocenters. The zero-order valence-electron chi connectivity index (χ0n) is 11.4. The first kappa shape index (κ1) is 15.3. The minimum absolute atomic E-state index is 0.238. The lowest BCUT2D eigenvalue weighted by Gasteiger charge is -2.08. The van der Waals surface area contributed by atoms with Crippen LogP contribution in [-0.4, -0.2) is 25.4 Å².